The van der Waals surface area contributed by atoms with Crippen LogP contribution in [-0.2, 0) is 60.3 Å². The van der Waals surface area contributed by atoms with Crippen LogP contribution in [0.3, 0.4) is 0 Å². The number of carbonyl (C=O) groups is 1. The van der Waals surface area contributed by atoms with Crippen molar-refractivity contribution in [3.63, 3.8) is 0 Å². The summed E-state index contributed by atoms with van der Waals surface area (Å²) in [5.74, 6) is -8.21. The van der Waals surface area contributed by atoms with Crippen molar-refractivity contribution in [3.05, 3.63) is 94.6 Å². The number of aryl methyl sites for hydroxylation is 2. The first kappa shape index (κ1) is 65.0. The van der Waals surface area contributed by atoms with Gasteiger partial charge in [-0.1, -0.05) is 44.4 Å². The first-order valence-electron chi connectivity index (χ1n) is 27.2. The maximum atomic E-state index is 13.6. The van der Waals surface area contributed by atoms with Crippen LogP contribution in [0, 0.1) is 34.6 Å². The number of esters is 1. The molecule has 432 valence electrons. The summed E-state index contributed by atoms with van der Waals surface area (Å²) in [6.45, 7) is 10.6. The Morgan fingerprint density at radius 3 is 1.72 bits per heavy atom. The van der Waals surface area contributed by atoms with Gasteiger partial charge in [-0.05, 0) is 92.8 Å². The second kappa shape index (κ2) is 41.5. The number of nitriles is 1. The van der Waals surface area contributed by atoms with E-state index in [4.69, 9.17) is 58.3 Å². The zero-order chi connectivity index (χ0) is 55.7. The minimum absolute atomic E-state index is 0.0215. The van der Waals surface area contributed by atoms with Gasteiger partial charge >= 0.3 is 5.97 Å². The molecule has 1 heterocycles. The minimum Gasteiger partial charge on any atom is -0.420 e. The van der Waals surface area contributed by atoms with E-state index >= 15 is 0 Å². The average molecular weight is 1100 g/mol. The summed E-state index contributed by atoms with van der Waals surface area (Å²) in [4.78, 5) is 21.3. The van der Waals surface area contributed by atoms with E-state index in [2.05, 4.69) is 46.6 Å². The molecule has 4 rings (SSSR count). The Balaban J connectivity index is 0.884. The molecule has 0 fully saturated rings. The van der Waals surface area contributed by atoms with Crippen LogP contribution in [0.1, 0.15) is 87.8 Å². The summed E-state index contributed by atoms with van der Waals surface area (Å²) in [6.07, 6.45) is 10.9. The van der Waals surface area contributed by atoms with Crippen LogP contribution in [0.2, 0.25) is 0 Å². The molecule has 0 aliphatic rings. The van der Waals surface area contributed by atoms with Crippen LogP contribution in [0.4, 0.5) is 29.1 Å². The molecule has 0 saturated carbocycles. The van der Waals surface area contributed by atoms with Gasteiger partial charge in [0.2, 0.25) is 17.4 Å². The number of hydrogen-bond acceptors (Lipinski definition) is 15. The average Bonchev–Trinajstić information content (AvgIpc) is 3.50. The molecule has 0 amide bonds. The van der Waals surface area contributed by atoms with Gasteiger partial charge < -0.3 is 63.7 Å². The molecule has 0 unspecified atom stereocenters. The summed E-state index contributed by atoms with van der Waals surface area (Å²) < 4.78 is 108. The minimum atomic E-state index is -1.79. The van der Waals surface area contributed by atoms with E-state index in [0.717, 1.165) is 74.6 Å². The lowest BCUT2D eigenvalue weighted by atomic mass is 9.99. The lowest BCUT2D eigenvalue weighted by molar-refractivity contribution is -0.136. The number of ether oxygens (including phenoxy) is 10. The van der Waals surface area contributed by atoms with Crippen LogP contribution in [0.25, 0.3) is 10.9 Å². The third-order valence-electron chi connectivity index (χ3n) is 11.7. The molecule has 3 aromatic carbocycles. The standard InChI is InChI=1S/C57H80F4N6O11/c1-2-3-6-15-46-41-48-45(16-12-18-51(48)67-56(46)63)14-7-4-8-20-64-57(66-47-17-11-13-44(40-47)43-62)65-21-25-72-29-33-76-37-34-73-30-26-69-22-9-5-10-23-70-27-31-74-35-38-77-39-36-75-32-28-71-24-19-52(68)78-55-53(60)49(58)42-50(59)54(55)61/h11-13,16-18,40-42H,2-10,14-15,19-39H2,1H3,(H2,63,67)(H2,64,65,66). The molecule has 21 heteroatoms. The van der Waals surface area contributed by atoms with Gasteiger partial charge in [-0.3, -0.25) is 9.79 Å². The molecule has 0 saturated heterocycles. The van der Waals surface area contributed by atoms with Crippen LogP contribution in [-0.4, -0.2) is 149 Å². The summed E-state index contributed by atoms with van der Waals surface area (Å²) in [6, 6.07) is 18.1. The number of aliphatic imine (C=N–C) groups is 1. The number of hydrogen-bond donors (Lipinski definition) is 3. The highest BCUT2D eigenvalue weighted by Gasteiger charge is 2.23. The first-order chi connectivity index (χ1) is 38.2. The second-order valence-corrected chi connectivity index (χ2v) is 17.9. The Kier molecular flexibility index (Phi) is 34.6. The molecule has 0 aliphatic carbocycles. The number of halogens is 4. The SMILES string of the molecule is CCCCCc1cc2c(CCCCCN=C(NCCOCCOCCOCCOCCCCCOCCOCCOCCOCCOCCC(=O)Oc3c(F)c(F)cc(F)c3F)Nc3cccc(C#N)c3)cccc2nc1N. The number of rotatable bonds is 45. The van der Waals surface area contributed by atoms with E-state index in [0.29, 0.717) is 130 Å². The zero-order valence-corrected chi connectivity index (χ0v) is 45.2. The van der Waals surface area contributed by atoms with E-state index in [1.54, 1.807) is 12.1 Å². The van der Waals surface area contributed by atoms with Gasteiger partial charge in [0.1, 0.15) is 5.82 Å². The maximum Gasteiger partial charge on any atom is 0.313 e. The van der Waals surface area contributed by atoms with Crippen molar-refractivity contribution in [2.24, 2.45) is 4.99 Å². The largest absolute Gasteiger partial charge is 0.420 e. The van der Waals surface area contributed by atoms with Gasteiger partial charge in [-0.25, -0.2) is 13.8 Å². The predicted molar refractivity (Wildman–Crippen MR) is 290 cm³/mol. The summed E-state index contributed by atoms with van der Waals surface area (Å²) in [7, 11) is 0. The van der Waals surface area contributed by atoms with Gasteiger partial charge in [0.15, 0.2) is 17.6 Å². The Bertz CT molecular complexity index is 2340. The van der Waals surface area contributed by atoms with Crippen LogP contribution in [0.15, 0.2) is 59.6 Å². The maximum absolute atomic E-state index is 13.6. The Hall–Kier alpha value is -5.54. The van der Waals surface area contributed by atoms with Gasteiger partial charge in [-0.2, -0.15) is 14.0 Å². The van der Waals surface area contributed by atoms with Crippen molar-refractivity contribution in [1.29, 1.82) is 5.26 Å². The Morgan fingerprint density at radius 1 is 0.603 bits per heavy atom. The van der Waals surface area contributed by atoms with Crippen molar-refractivity contribution in [2.45, 2.75) is 84.0 Å². The molecule has 0 atom stereocenters. The summed E-state index contributed by atoms with van der Waals surface area (Å²) in [5.41, 5.74) is 11.1. The number of anilines is 2. The molecule has 17 nitrogen and oxygen atoms in total. The number of nitrogens with one attached hydrogen (secondary N) is 2. The number of nitrogens with zero attached hydrogens (tertiary/aromatic N) is 3. The highest BCUT2D eigenvalue weighted by Crippen LogP contribution is 2.27. The molecule has 0 bridgehead atoms. The fourth-order valence-electron chi connectivity index (χ4n) is 7.57. The number of benzene rings is 3. The predicted octanol–water partition coefficient (Wildman–Crippen LogP) is 9.06. The molecule has 78 heavy (non-hydrogen) atoms. The summed E-state index contributed by atoms with van der Waals surface area (Å²) >= 11 is 0. The van der Waals surface area contributed by atoms with Crippen molar-refractivity contribution in [1.82, 2.24) is 10.3 Å². The molecular weight excluding hydrogens is 1020 g/mol. The van der Waals surface area contributed by atoms with E-state index < -0.39 is 41.4 Å². The number of nitrogens with two attached hydrogens (primary N) is 1. The molecular formula is C57H80F4N6O11. The zero-order valence-electron chi connectivity index (χ0n) is 45.2. The van der Waals surface area contributed by atoms with Gasteiger partial charge in [0.25, 0.3) is 0 Å². The number of unbranched alkanes of at least 4 members (excludes halogenated alkanes) is 6. The van der Waals surface area contributed by atoms with Crippen molar-refractivity contribution in [3.8, 4) is 11.8 Å². The van der Waals surface area contributed by atoms with Crippen LogP contribution in [0.5, 0.6) is 5.75 Å². The number of nitrogen functional groups attached to an aromatic ring is 1. The summed E-state index contributed by atoms with van der Waals surface area (Å²) in [5, 5.41) is 17.3. The van der Waals surface area contributed by atoms with Crippen molar-refractivity contribution < 1.29 is 69.7 Å². The topological polar surface area (TPSA) is 208 Å². The fraction of sp³-hybridized carbons (Fsp3) is 0.579. The third-order valence-corrected chi connectivity index (χ3v) is 11.7. The van der Waals surface area contributed by atoms with E-state index in [1.807, 2.05) is 18.2 Å². The number of carbonyl (C=O) groups excluding carboxylic acids is 1. The Labute approximate surface area is 456 Å². The van der Waals surface area contributed by atoms with Gasteiger partial charge in [0, 0.05) is 43.4 Å². The number of aromatic nitrogens is 1. The monoisotopic (exact) mass is 1100 g/mol. The van der Waals surface area contributed by atoms with E-state index in [-0.39, 0.29) is 25.9 Å². The van der Waals surface area contributed by atoms with Crippen LogP contribution >= 0.6 is 0 Å². The quantitative estimate of drug-likeness (QED) is 0.00717. The van der Waals surface area contributed by atoms with E-state index in [9.17, 15) is 27.6 Å². The second-order valence-electron chi connectivity index (χ2n) is 17.9. The smallest absolute Gasteiger partial charge is 0.313 e. The highest BCUT2D eigenvalue weighted by atomic mass is 19.2. The molecule has 1 aromatic heterocycles. The molecule has 4 N–H and O–H groups in total. The van der Waals surface area contributed by atoms with Crippen molar-refractivity contribution in [2.75, 3.05) is 143 Å². The highest BCUT2D eigenvalue weighted by molar-refractivity contribution is 5.93. The number of pyridine rings is 1. The van der Waals surface area contributed by atoms with Gasteiger partial charge in [-0.15, -0.1) is 0 Å². The molecule has 0 radical (unpaired) electrons. The Morgan fingerprint density at radius 2 is 1.13 bits per heavy atom. The van der Waals surface area contributed by atoms with Crippen LogP contribution < -0.4 is 21.1 Å². The number of fused-ring (bicyclic) bond motifs is 1. The fourth-order valence-corrected chi connectivity index (χ4v) is 7.57. The number of guanidine groups is 1. The van der Waals surface area contributed by atoms with E-state index in [1.165, 1.54) is 23.8 Å². The third kappa shape index (κ3) is 27.9. The lowest BCUT2D eigenvalue weighted by Gasteiger charge is -2.13. The lowest BCUT2D eigenvalue weighted by Crippen LogP contribution is -2.34. The normalized spacial score (nSPS) is 11.6. The molecule has 0 spiro atoms. The molecule has 4 aromatic rings. The first-order valence-corrected chi connectivity index (χ1v) is 27.2. The van der Waals surface area contributed by atoms with Crippen molar-refractivity contribution >= 4 is 34.3 Å². The van der Waals surface area contributed by atoms with Gasteiger partial charge in [0.05, 0.1) is 129 Å². The molecule has 0 aliphatic heterocycles.